The molecule has 1 amide bonds. The summed E-state index contributed by atoms with van der Waals surface area (Å²) in [5.41, 5.74) is 7.95. The van der Waals surface area contributed by atoms with Gasteiger partial charge in [0.05, 0.1) is 6.04 Å². The first-order valence-corrected chi connectivity index (χ1v) is 6.39. The van der Waals surface area contributed by atoms with Crippen LogP contribution in [0.2, 0.25) is 0 Å². The van der Waals surface area contributed by atoms with E-state index in [0.29, 0.717) is 29.5 Å². The molecule has 19 heavy (non-hydrogen) atoms. The third-order valence-corrected chi connectivity index (χ3v) is 2.83. The van der Waals surface area contributed by atoms with Crippen molar-refractivity contribution in [3.05, 3.63) is 24.1 Å². The molecule has 0 radical (unpaired) electrons. The van der Waals surface area contributed by atoms with Gasteiger partial charge in [-0.15, -0.1) is 0 Å². The first kappa shape index (κ1) is 13.5. The average molecular weight is 261 g/mol. The molecule has 3 N–H and O–H groups in total. The van der Waals surface area contributed by atoms with Gasteiger partial charge in [-0.1, -0.05) is 13.8 Å². The Morgan fingerprint density at radius 3 is 2.89 bits per heavy atom. The highest BCUT2D eigenvalue weighted by molar-refractivity contribution is 5.96. The lowest BCUT2D eigenvalue weighted by Gasteiger charge is -2.13. The predicted molar refractivity (Wildman–Crippen MR) is 74.8 cm³/mol. The van der Waals surface area contributed by atoms with Crippen molar-refractivity contribution in [1.82, 2.24) is 4.98 Å². The number of nitrogens with one attached hydrogen (secondary N) is 1. The van der Waals surface area contributed by atoms with Crippen LogP contribution < -0.4 is 11.1 Å². The minimum atomic E-state index is -0.493. The lowest BCUT2D eigenvalue weighted by atomic mass is 10.0. The fraction of sp³-hybridized carbons (Fsp3) is 0.429. The second-order valence-corrected chi connectivity index (χ2v) is 5.14. The average Bonchev–Trinajstić information content (AvgIpc) is 2.67. The van der Waals surface area contributed by atoms with Crippen LogP contribution in [0.15, 0.2) is 22.6 Å². The largest absolute Gasteiger partial charge is 0.441 e. The van der Waals surface area contributed by atoms with E-state index in [2.05, 4.69) is 10.3 Å². The Morgan fingerprint density at radius 2 is 2.21 bits per heavy atom. The van der Waals surface area contributed by atoms with E-state index in [1.54, 1.807) is 19.1 Å². The molecule has 1 aromatic heterocycles. The zero-order valence-corrected chi connectivity index (χ0v) is 11.4. The molecule has 0 unspecified atom stereocenters. The van der Waals surface area contributed by atoms with Gasteiger partial charge in [-0.3, -0.25) is 4.79 Å². The van der Waals surface area contributed by atoms with Crippen LogP contribution in [0.25, 0.3) is 11.1 Å². The van der Waals surface area contributed by atoms with Gasteiger partial charge in [0.1, 0.15) is 5.52 Å². The van der Waals surface area contributed by atoms with Crippen molar-refractivity contribution in [3.63, 3.8) is 0 Å². The summed E-state index contributed by atoms with van der Waals surface area (Å²) >= 11 is 0. The molecule has 0 saturated heterocycles. The summed E-state index contributed by atoms with van der Waals surface area (Å²) in [6, 6.07) is 4.88. The fourth-order valence-electron chi connectivity index (χ4n) is 1.97. The summed E-state index contributed by atoms with van der Waals surface area (Å²) in [4.78, 5) is 16.1. The summed E-state index contributed by atoms with van der Waals surface area (Å²) in [6.07, 6.45) is 0.662. The molecule has 1 heterocycles. The van der Waals surface area contributed by atoms with Gasteiger partial charge in [-0.25, -0.2) is 4.98 Å². The molecule has 0 saturated carbocycles. The molecule has 102 valence electrons. The molecule has 0 spiro atoms. The van der Waals surface area contributed by atoms with Gasteiger partial charge in [0.15, 0.2) is 11.5 Å². The molecular weight excluding hydrogens is 242 g/mol. The number of hydrogen-bond donors (Lipinski definition) is 2. The van der Waals surface area contributed by atoms with Gasteiger partial charge >= 0.3 is 0 Å². The van der Waals surface area contributed by atoms with Gasteiger partial charge in [0, 0.05) is 18.7 Å². The molecule has 2 rings (SSSR count). The SMILES string of the molecule is Cc1nc2ccc(NC(=O)[C@H](N)CC(C)C)cc2o1. The van der Waals surface area contributed by atoms with E-state index in [1.807, 2.05) is 19.9 Å². The number of oxazole rings is 1. The second-order valence-electron chi connectivity index (χ2n) is 5.14. The first-order valence-electron chi connectivity index (χ1n) is 6.39. The van der Waals surface area contributed by atoms with E-state index < -0.39 is 6.04 Å². The number of anilines is 1. The molecule has 0 aliphatic rings. The molecule has 2 aromatic rings. The standard InChI is InChI=1S/C14H19N3O2/c1-8(2)6-11(15)14(18)17-10-4-5-12-13(7-10)19-9(3)16-12/h4-5,7-8,11H,6,15H2,1-3H3,(H,17,18)/t11-/m1/s1. The van der Waals surface area contributed by atoms with Crippen molar-refractivity contribution in [1.29, 1.82) is 0 Å². The number of carbonyl (C=O) groups excluding carboxylic acids is 1. The number of nitrogens with zero attached hydrogens (tertiary/aromatic N) is 1. The maximum Gasteiger partial charge on any atom is 0.241 e. The number of carbonyl (C=O) groups is 1. The van der Waals surface area contributed by atoms with E-state index in [1.165, 1.54) is 0 Å². The Bertz CT molecular complexity index is 589. The van der Waals surface area contributed by atoms with Crippen LogP contribution in [0.4, 0.5) is 5.69 Å². The molecular formula is C14H19N3O2. The Labute approximate surface area is 112 Å². The van der Waals surface area contributed by atoms with E-state index in [-0.39, 0.29) is 5.91 Å². The van der Waals surface area contributed by atoms with Crippen molar-refractivity contribution in [2.24, 2.45) is 11.7 Å². The lowest BCUT2D eigenvalue weighted by molar-refractivity contribution is -0.117. The number of amides is 1. The third kappa shape index (κ3) is 3.32. The minimum absolute atomic E-state index is 0.177. The van der Waals surface area contributed by atoms with Crippen LogP contribution in [0.5, 0.6) is 0 Å². The second kappa shape index (κ2) is 5.40. The van der Waals surface area contributed by atoms with Crippen molar-refractivity contribution in [3.8, 4) is 0 Å². The van der Waals surface area contributed by atoms with E-state index in [0.717, 1.165) is 5.52 Å². The maximum atomic E-state index is 11.9. The summed E-state index contributed by atoms with van der Waals surface area (Å²) < 4.78 is 5.42. The van der Waals surface area contributed by atoms with Gasteiger partial charge in [0.25, 0.3) is 0 Å². The molecule has 0 aliphatic carbocycles. The maximum absolute atomic E-state index is 11.9. The zero-order valence-electron chi connectivity index (χ0n) is 11.4. The summed E-state index contributed by atoms with van der Waals surface area (Å²) in [7, 11) is 0. The lowest BCUT2D eigenvalue weighted by Crippen LogP contribution is -2.36. The van der Waals surface area contributed by atoms with Crippen molar-refractivity contribution in [2.75, 3.05) is 5.32 Å². The van der Waals surface area contributed by atoms with Crippen LogP contribution in [0.1, 0.15) is 26.2 Å². The predicted octanol–water partition coefficient (Wildman–Crippen LogP) is 2.45. The van der Waals surface area contributed by atoms with Gasteiger partial charge in [-0.05, 0) is 24.5 Å². The van der Waals surface area contributed by atoms with Gasteiger partial charge in [0.2, 0.25) is 5.91 Å². The summed E-state index contributed by atoms with van der Waals surface area (Å²) in [6.45, 7) is 5.86. The number of rotatable bonds is 4. The number of aryl methyl sites for hydroxylation is 1. The minimum Gasteiger partial charge on any atom is -0.441 e. The number of aromatic nitrogens is 1. The smallest absolute Gasteiger partial charge is 0.241 e. The van der Waals surface area contributed by atoms with Gasteiger partial charge < -0.3 is 15.5 Å². The highest BCUT2D eigenvalue weighted by atomic mass is 16.3. The normalized spacial score (nSPS) is 12.9. The van der Waals surface area contributed by atoms with Gasteiger partial charge in [-0.2, -0.15) is 0 Å². The molecule has 0 bridgehead atoms. The molecule has 0 fully saturated rings. The Morgan fingerprint density at radius 1 is 1.47 bits per heavy atom. The third-order valence-electron chi connectivity index (χ3n) is 2.83. The van der Waals surface area contributed by atoms with Crippen molar-refractivity contribution in [2.45, 2.75) is 33.2 Å². The topological polar surface area (TPSA) is 81.2 Å². The molecule has 5 nitrogen and oxygen atoms in total. The number of fused-ring (bicyclic) bond motifs is 1. The van der Waals surface area contributed by atoms with Crippen LogP contribution >= 0.6 is 0 Å². The van der Waals surface area contributed by atoms with E-state index in [4.69, 9.17) is 10.2 Å². The number of nitrogens with two attached hydrogens (primary N) is 1. The number of hydrogen-bond acceptors (Lipinski definition) is 4. The van der Waals surface area contributed by atoms with Crippen molar-refractivity contribution >= 4 is 22.7 Å². The number of benzene rings is 1. The first-order chi connectivity index (χ1) is 8.95. The monoisotopic (exact) mass is 261 g/mol. The Kier molecular flexibility index (Phi) is 3.85. The van der Waals surface area contributed by atoms with Crippen LogP contribution in [0, 0.1) is 12.8 Å². The van der Waals surface area contributed by atoms with Crippen LogP contribution in [-0.2, 0) is 4.79 Å². The van der Waals surface area contributed by atoms with E-state index >= 15 is 0 Å². The molecule has 1 aromatic carbocycles. The Balaban J connectivity index is 2.10. The quantitative estimate of drug-likeness (QED) is 0.885. The zero-order chi connectivity index (χ0) is 14.0. The molecule has 1 atom stereocenters. The van der Waals surface area contributed by atoms with Crippen molar-refractivity contribution < 1.29 is 9.21 Å². The molecule has 5 heteroatoms. The molecule has 0 aliphatic heterocycles. The highest BCUT2D eigenvalue weighted by Gasteiger charge is 2.15. The Hall–Kier alpha value is -1.88. The fourth-order valence-corrected chi connectivity index (χ4v) is 1.97. The van der Waals surface area contributed by atoms with Crippen LogP contribution in [0.3, 0.4) is 0 Å². The van der Waals surface area contributed by atoms with Crippen LogP contribution in [-0.4, -0.2) is 16.9 Å². The van der Waals surface area contributed by atoms with E-state index in [9.17, 15) is 4.79 Å². The highest BCUT2D eigenvalue weighted by Crippen LogP contribution is 2.20. The summed E-state index contributed by atoms with van der Waals surface area (Å²) in [5.74, 6) is 0.819. The summed E-state index contributed by atoms with van der Waals surface area (Å²) in [5, 5.41) is 2.80.